The van der Waals surface area contributed by atoms with Crippen molar-refractivity contribution in [3.8, 4) is 16.9 Å². The van der Waals surface area contributed by atoms with Crippen LogP contribution in [0.5, 0.6) is 5.75 Å². The highest BCUT2D eigenvalue weighted by atomic mass is 19.4. The summed E-state index contributed by atoms with van der Waals surface area (Å²) >= 11 is 0. The number of rotatable bonds is 6. The number of methoxy groups -OCH3 is 2. The number of hydrogen-bond donors (Lipinski definition) is 1. The molecule has 3 aromatic carbocycles. The normalized spacial score (nSPS) is 15.0. The molecule has 4 rings (SSSR count). The molecule has 0 unspecified atom stereocenters. The Hall–Kier alpha value is -4.55. The maximum atomic E-state index is 13.3. The zero-order valence-electron chi connectivity index (χ0n) is 22.9. The topological polar surface area (TPSA) is 84.9 Å². The summed E-state index contributed by atoms with van der Waals surface area (Å²) in [6.07, 6.45) is -10.6. The van der Waals surface area contributed by atoms with E-state index >= 15 is 0 Å². The third kappa shape index (κ3) is 6.92. The van der Waals surface area contributed by atoms with E-state index in [9.17, 15) is 40.7 Å². The number of amides is 2. The fourth-order valence-corrected chi connectivity index (χ4v) is 4.82. The van der Waals surface area contributed by atoms with Gasteiger partial charge in [0.05, 0.1) is 25.3 Å². The minimum atomic E-state index is -5.12. The molecule has 0 aromatic heterocycles. The summed E-state index contributed by atoms with van der Waals surface area (Å²) in [5.41, 5.74) is -3.69. The van der Waals surface area contributed by atoms with Crippen molar-refractivity contribution in [2.45, 2.75) is 30.7 Å². The predicted octanol–water partition coefficient (Wildman–Crippen LogP) is 5.98. The summed E-state index contributed by atoms with van der Waals surface area (Å²) in [6, 6.07) is 14.5. The van der Waals surface area contributed by atoms with Gasteiger partial charge in [-0.05, 0) is 66.4 Å². The van der Waals surface area contributed by atoms with Gasteiger partial charge in [-0.15, -0.1) is 0 Å². The van der Waals surface area contributed by atoms with Gasteiger partial charge in [-0.2, -0.15) is 26.3 Å². The Morgan fingerprint density at radius 2 is 1.23 bits per heavy atom. The lowest BCUT2D eigenvalue weighted by atomic mass is 9.86. The lowest BCUT2D eigenvalue weighted by molar-refractivity contribution is -0.150. The molecule has 228 valence electrons. The van der Waals surface area contributed by atoms with Crippen molar-refractivity contribution in [3.05, 3.63) is 89.0 Å². The first kappa shape index (κ1) is 31.4. The van der Waals surface area contributed by atoms with Crippen LogP contribution in [0.3, 0.4) is 0 Å². The van der Waals surface area contributed by atoms with E-state index in [-0.39, 0.29) is 37.6 Å². The molecule has 0 radical (unpaired) electrons. The first-order chi connectivity index (χ1) is 20.2. The van der Waals surface area contributed by atoms with E-state index in [1.54, 1.807) is 43.5 Å². The van der Waals surface area contributed by atoms with Gasteiger partial charge in [0.15, 0.2) is 0 Å². The highest BCUT2D eigenvalue weighted by Crippen LogP contribution is 2.37. The van der Waals surface area contributed by atoms with E-state index < -0.39 is 52.4 Å². The van der Waals surface area contributed by atoms with E-state index in [0.717, 1.165) is 23.1 Å². The number of piperidine rings is 1. The molecule has 0 aliphatic carbocycles. The summed E-state index contributed by atoms with van der Waals surface area (Å²) in [5, 5.41) is 2.67. The predicted molar refractivity (Wildman–Crippen MR) is 142 cm³/mol. The molecular weight excluding hydrogens is 582 g/mol. The smallest absolute Gasteiger partial charge is 0.416 e. The van der Waals surface area contributed by atoms with E-state index in [4.69, 9.17) is 9.47 Å². The lowest BCUT2D eigenvalue weighted by Crippen LogP contribution is -2.61. The third-order valence-corrected chi connectivity index (χ3v) is 7.24. The van der Waals surface area contributed by atoms with E-state index in [1.807, 2.05) is 12.1 Å². The van der Waals surface area contributed by atoms with Crippen LogP contribution in [-0.2, 0) is 21.9 Å². The number of ether oxygens (including phenoxy) is 2. The van der Waals surface area contributed by atoms with Crippen molar-refractivity contribution < 1.29 is 50.2 Å². The fourth-order valence-electron chi connectivity index (χ4n) is 4.82. The van der Waals surface area contributed by atoms with Crippen LogP contribution < -0.4 is 10.1 Å². The molecule has 1 aliphatic heterocycles. The molecule has 13 heteroatoms. The van der Waals surface area contributed by atoms with Gasteiger partial charge in [0.1, 0.15) is 11.3 Å². The van der Waals surface area contributed by atoms with Crippen LogP contribution in [-0.4, -0.2) is 55.5 Å². The molecule has 2 amide bonds. The first-order valence-corrected chi connectivity index (χ1v) is 12.9. The van der Waals surface area contributed by atoms with Crippen molar-refractivity contribution in [2.75, 3.05) is 27.3 Å². The van der Waals surface area contributed by atoms with Crippen LogP contribution >= 0.6 is 0 Å². The van der Waals surface area contributed by atoms with Gasteiger partial charge < -0.3 is 19.7 Å². The SMILES string of the molecule is COC(=O)C1(NC(=O)c2ccc(-c3ccc(OC)cc3)cc2)CCN(C(=O)c2cc(C(F)(F)F)cc(C(F)(F)F)c2)CC1. The van der Waals surface area contributed by atoms with Crippen molar-refractivity contribution in [1.82, 2.24) is 10.2 Å². The molecular formula is C30H26F6N2O5. The van der Waals surface area contributed by atoms with Gasteiger partial charge >= 0.3 is 18.3 Å². The Kier molecular flexibility index (Phi) is 8.74. The number of hydrogen-bond acceptors (Lipinski definition) is 5. The minimum Gasteiger partial charge on any atom is -0.497 e. The number of likely N-dealkylation sites (tertiary alicyclic amines) is 1. The molecule has 0 atom stereocenters. The van der Waals surface area contributed by atoms with Gasteiger partial charge in [-0.3, -0.25) is 9.59 Å². The molecule has 1 N–H and O–H groups in total. The Labute approximate surface area is 242 Å². The zero-order valence-corrected chi connectivity index (χ0v) is 22.9. The number of nitrogens with one attached hydrogen (secondary N) is 1. The van der Waals surface area contributed by atoms with Gasteiger partial charge in [0, 0.05) is 24.2 Å². The molecule has 0 bridgehead atoms. The number of carbonyl (C=O) groups is 3. The number of nitrogens with zero attached hydrogens (tertiary/aromatic N) is 1. The quantitative estimate of drug-likeness (QED) is 0.275. The maximum absolute atomic E-state index is 13.3. The van der Waals surface area contributed by atoms with Crippen LogP contribution in [0.2, 0.25) is 0 Å². The highest BCUT2D eigenvalue weighted by Gasteiger charge is 2.45. The second-order valence-electron chi connectivity index (χ2n) is 9.92. The van der Waals surface area contributed by atoms with Crippen molar-refractivity contribution in [3.63, 3.8) is 0 Å². The van der Waals surface area contributed by atoms with E-state index in [0.29, 0.717) is 17.9 Å². The van der Waals surface area contributed by atoms with Gasteiger partial charge in [-0.25, -0.2) is 4.79 Å². The van der Waals surface area contributed by atoms with Crippen LogP contribution in [0.1, 0.15) is 44.7 Å². The number of halogens is 6. The summed E-state index contributed by atoms with van der Waals surface area (Å²) in [6.45, 7) is -0.496. The molecule has 1 aliphatic rings. The van der Waals surface area contributed by atoms with Crippen molar-refractivity contribution in [2.24, 2.45) is 0 Å². The van der Waals surface area contributed by atoms with Gasteiger partial charge in [-0.1, -0.05) is 24.3 Å². The molecule has 0 spiro atoms. The number of benzene rings is 3. The standard InChI is InChI=1S/C30H26F6N2O5/c1-42-24-9-7-19(8-10-24)18-3-5-20(6-4-18)25(39)37-28(27(41)43-2)11-13-38(14-12-28)26(40)21-15-22(29(31,32)33)17-23(16-21)30(34,35)36/h3-10,15-17H,11-14H2,1-2H3,(H,37,39). The average molecular weight is 609 g/mol. The monoisotopic (exact) mass is 608 g/mol. The number of carbonyl (C=O) groups excluding carboxylic acids is 3. The van der Waals surface area contributed by atoms with Crippen LogP contribution in [0.15, 0.2) is 66.7 Å². The maximum Gasteiger partial charge on any atom is 0.416 e. The Bertz CT molecular complexity index is 1460. The van der Waals surface area contributed by atoms with Crippen molar-refractivity contribution in [1.29, 1.82) is 0 Å². The number of alkyl halides is 6. The second kappa shape index (κ2) is 12.0. The Morgan fingerprint density at radius 1 is 0.744 bits per heavy atom. The van der Waals surface area contributed by atoms with Crippen LogP contribution in [0.25, 0.3) is 11.1 Å². The molecule has 1 heterocycles. The number of esters is 1. The minimum absolute atomic E-state index is 0.0612. The molecule has 1 saturated heterocycles. The third-order valence-electron chi connectivity index (χ3n) is 7.24. The van der Waals surface area contributed by atoms with E-state index in [2.05, 4.69) is 5.32 Å². The molecule has 7 nitrogen and oxygen atoms in total. The van der Waals surface area contributed by atoms with Crippen LogP contribution in [0, 0.1) is 0 Å². The average Bonchev–Trinajstić information content (AvgIpc) is 2.99. The lowest BCUT2D eigenvalue weighted by Gasteiger charge is -2.40. The van der Waals surface area contributed by atoms with Gasteiger partial charge in [0.25, 0.3) is 11.8 Å². The summed E-state index contributed by atoms with van der Waals surface area (Å²) in [4.78, 5) is 40.0. The first-order valence-electron chi connectivity index (χ1n) is 12.9. The Balaban J connectivity index is 1.50. The summed E-state index contributed by atoms with van der Waals surface area (Å²) in [7, 11) is 2.66. The summed E-state index contributed by atoms with van der Waals surface area (Å²) < 4.78 is 89.7. The largest absolute Gasteiger partial charge is 0.497 e. The molecule has 3 aromatic rings. The zero-order chi connectivity index (χ0) is 31.6. The van der Waals surface area contributed by atoms with Gasteiger partial charge in [0.2, 0.25) is 0 Å². The summed E-state index contributed by atoms with van der Waals surface area (Å²) in [5.74, 6) is -1.81. The second-order valence-corrected chi connectivity index (χ2v) is 9.92. The van der Waals surface area contributed by atoms with E-state index in [1.165, 1.54) is 0 Å². The molecule has 1 fully saturated rings. The van der Waals surface area contributed by atoms with Crippen LogP contribution in [0.4, 0.5) is 26.3 Å². The molecule has 0 saturated carbocycles. The van der Waals surface area contributed by atoms with Crippen molar-refractivity contribution >= 4 is 17.8 Å². The molecule has 43 heavy (non-hydrogen) atoms. The highest BCUT2D eigenvalue weighted by molar-refractivity contribution is 5.99. The Morgan fingerprint density at radius 3 is 1.67 bits per heavy atom. The fraction of sp³-hybridized carbons (Fsp3) is 0.300.